The van der Waals surface area contributed by atoms with Gasteiger partial charge >= 0.3 is 0 Å². The number of ketones is 1. The molecule has 0 amide bonds. The van der Waals surface area contributed by atoms with E-state index in [1.165, 1.54) is 0 Å². The fourth-order valence-corrected chi connectivity index (χ4v) is 3.37. The molecule has 0 spiro atoms. The summed E-state index contributed by atoms with van der Waals surface area (Å²) in [4.78, 5) is 11.5. The lowest BCUT2D eigenvalue weighted by Gasteiger charge is -2.36. The summed E-state index contributed by atoms with van der Waals surface area (Å²) in [5, 5.41) is 0.193. The Bertz CT molecular complexity index is 612. The number of carbonyl (C=O) groups excluding carboxylic acids is 1. The molecule has 0 N–H and O–H groups in total. The molecule has 0 aliphatic carbocycles. The molecule has 1 rings (SSSR count). The summed E-state index contributed by atoms with van der Waals surface area (Å²) < 4.78 is 17.2. The van der Waals surface area contributed by atoms with Gasteiger partial charge in [0.2, 0.25) is 0 Å². The van der Waals surface area contributed by atoms with Crippen molar-refractivity contribution in [3.8, 4) is 5.75 Å². The molecule has 4 nitrogen and oxygen atoms in total. The number of hydrogen-bond acceptors (Lipinski definition) is 4. The highest BCUT2D eigenvalue weighted by Crippen LogP contribution is 2.36. The Kier molecular flexibility index (Phi) is 9.43. The van der Waals surface area contributed by atoms with Crippen LogP contribution < -0.4 is 4.74 Å². The van der Waals surface area contributed by atoms with E-state index < -0.39 is 8.32 Å². The second-order valence-electron chi connectivity index (χ2n) is 8.42. The second-order valence-corrected chi connectivity index (χ2v) is 13.2. The van der Waals surface area contributed by atoms with Gasteiger partial charge in [0.25, 0.3) is 0 Å². The second kappa shape index (κ2) is 10.8. The van der Waals surface area contributed by atoms with Crippen molar-refractivity contribution >= 4 is 14.1 Å². The van der Waals surface area contributed by atoms with Gasteiger partial charge in [-0.05, 0) is 61.7 Å². The number of allylic oxidation sites excluding steroid dienone is 1. The third-order valence-electron chi connectivity index (χ3n) is 5.09. The van der Waals surface area contributed by atoms with Crippen molar-refractivity contribution in [1.29, 1.82) is 0 Å². The highest BCUT2D eigenvalue weighted by atomic mass is 28.4. The number of methoxy groups -OCH3 is 1. The molecule has 5 heteroatoms. The summed E-state index contributed by atoms with van der Waals surface area (Å²) in [6.45, 7) is 14.6. The molecule has 0 heterocycles. The molecular weight excluding hydrogens is 356 g/mol. The van der Waals surface area contributed by atoms with Crippen LogP contribution in [0.3, 0.4) is 0 Å². The molecule has 0 unspecified atom stereocenters. The Morgan fingerprint density at radius 2 is 1.67 bits per heavy atom. The summed E-state index contributed by atoms with van der Waals surface area (Å²) in [6, 6.07) is 7.85. The van der Waals surface area contributed by atoms with E-state index in [0.29, 0.717) is 19.8 Å². The molecule has 0 aliphatic rings. The zero-order chi connectivity index (χ0) is 20.5. The Balaban J connectivity index is 2.45. The fraction of sp³-hybridized carbons (Fsp3) is 0.591. The Morgan fingerprint density at radius 1 is 1.07 bits per heavy atom. The van der Waals surface area contributed by atoms with Gasteiger partial charge in [-0.25, -0.2) is 0 Å². The van der Waals surface area contributed by atoms with Gasteiger partial charge in [0.1, 0.15) is 5.75 Å². The monoisotopic (exact) mass is 392 g/mol. The number of hydrogen-bond donors (Lipinski definition) is 0. The van der Waals surface area contributed by atoms with E-state index in [2.05, 4.69) is 33.9 Å². The van der Waals surface area contributed by atoms with E-state index in [0.717, 1.165) is 29.7 Å². The fourth-order valence-electron chi connectivity index (χ4n) is 2.33. The van der Waals surface area contributed by atoms with Crippen molar-refractivity contribution in [3.05, 3.63) is 41.5 Å². The van der Waals surface area contributed by atoms with E-state index in [1.54, 1.807) is 20.1 Å². The minimum absolute atomic E-state index is 0.0764. The zero-order valence-electron chi connectivity index (χ0n) is 18.1. The van der Waals surface area contributed by atoms with Gasteiger partial charge in [-0.15, -0.1) is 0 Å². The van der Waals surface area contributed by atoms with Gasteiger partial charge in [0, 0.05) is 6.61 Å². The summed E-state index contributed by atoms with van der Waals surface area (Å²) in [5.41, 5.74) is 2.20. The van der Waals surface area contributed by atoms with Gasteiger partial charge in [-0.3, -0.25) is 4.79 Å². The van der Waals surface area contributed by atoms with Crippen LogP contribution in [0.4, 0.5) is 0 Å². The first-order valence-corrected chi connectivity index (χ1v) is 12.5. The quantitative estimate of drug-likeness (QED) is 0.282. The van der Waals surface area contributed by atoms with Gasteiger partial charge in [0.15, 0.2) is 14.1 Å². The Hall–Kier alpha value is -1.43. The molecule has 0 atom stereocenters. The maximum absolute atomic E-state index is 11.5. The minimum atomic E-state index is -1.76. The van der Waals surface area contributed by atoms with Crippen LogP contribution in [0.2, 0.25) is 18.1 Å². The Morgan fingerprint density at radius 3 is 2.19 bits per heavy atom. The molecule has 0 aromatic heterocycles. The maximum atomic E-state index is 11.5. The third kappa shape index (κ3) is 8.87. The standard InChI is InChI=1S/C22H36O4Si/c1-18(23)16-19(13-15-26-27(6,7)22(2,3)4)12-14-25-17-20-8-10-21(24-5)11-9-20/h8-11,16H,12-15,17H2,1-7H3/b19-16+. The summed E-state index contributed by atoms with van der Waals surface area (Å²) in [5.74, 6) is 0.916. The van der Waals surface area contributed by atoms with Crippen molar-refractivity contribution in [1.82, 2.24) is 0 Å². The van der Waals surface area contributed by atoms with Crippen LogP contribution in [0.5, 0.6) is 5.75 Å². The van der Waals surface area contributed by atoms with Crippen LogP contribution >= 0.6 is 0 Å². The van der Waals surface area contributed by atoms with Crippen LogP contribution in [0, 0.1) is 0 Å². The topological polar surface area (TPSA) is 44.8 Å². The van der Waals surface area contributed by atoms with Crippen molar-refractivity contribution in [3.63, 3.8) is 0 Å². The third-order valence-corrected chi connectivity index (χ3v) is 9.63. The van der Waals surface area contributed by atoms with Gasteiger partial charge < -0.3 is 13.9 Å². The molecule has 0 radical (unpaired) electrons. The van der Waals surface area contributed by atoms with Crippen LogP contribution in [0.1, 0.15) is 46.1 Å². The molecule has 0 saturated heterocycles. The van der Waals surface area contributed by atoms with E-state index in [1.807, 2.05) is 24.3 Å². The van der Waals surface area contributed by atoms with Crippen LogP contribution in [-0.4, -0.2) is 34.4 Å². The van der Waals surface area contributed by atoms with E-state index >= 15 is 0 Å². The lowest BCUT2D eigenvalue weighted by molar-refractivity contribution is -0.112. The molecule has 0 bridgehead atoms. The molecule has 0 aliphatic heterocycles. The van der Waals surface area contributed by atoms with Gasteiger partial charge in [0.05, 0.1) is 20.3 Å². The summed E-state index contributed by atoms with van der Waals surface area (Å²) >= 11 is 0. The van der Waals surface area contributed by atoms with E-state index in [4.69, 9.17) is 13.9 Å². The average Bonchev–Trinajstić information content (AvgIpc) is 2.57. The first-order valence-electron chi connectivity index (χ1n) is 9.60. The van der Waals surface area contributed by atoms with Gasteiger partial charge in [-0.1, -0.05) is 38.5 Å². The average molecular weight is 393 g/mol. The predicted octanol–water partition coefficient (Wildman–Crippen LogP) is 5.53. The predicted molar refractivity (Wildman–Crippen MR) is 114 cm³/mol. The summed E-state index contributed by atoms with van der Waals surface area (Å²) in [7, 11) is -0.0995. The van der Waals surface area contributed by atoms with Crippen molar-refractivity contribution in [2.24, 2.45) is 0 Å². The number of ether oxygens (including phenoxy) is 2. The van der Waals surface area contributed by atoms with E-state index in [-0.39, 0.29) is 10.8 Å². The highest BCUT2D eigenvalue weighted by Gasteiger charge is 2.36. The molecule has 1 aromatic rings. The van der Waals surface area contributed by atoms with E-state index in [9.17, 15) is 4.79 Å². The first-order chi connectivity index (χ1) is 12.5. The molecular formula is C22H36O4Si. The normalized spacial score (nSPS) is 12.9. The van der Waals surface area contributed by atoms with Crippen LogP contribution in [0.25, 0.3) is 0 Å². The zero-order valence-corrected chi connectivity index (χ0v) is 19.1. The molecule has 27 heavy (non-hydrogen) atoms. The highest BCUT2D eigenvalue weighted by molar-refractivity contribution is 6.74. The number of benzene rings is 1. The number of rotatable bonds is 11. The van der Waals surface area contributed by atoms with Crippen LogP contribution in [-0.2, 0) is 20.6 Å². The summed E-state index contributed by atoms with van der Waals surface area (Å²) in [6.07, 6.45) is 3.25. The molecule has 0 fully saturated rings. The first kappa shape index (κ1) is 23.6. The Labute approximate surface area is 166 Å². The van der Waals surface area contributed by atoms with Crippen LogP contribution in [0.15, 0.2) is 35.9 Å². The van der Waals surface area contributed by atoms with Crippen molar-refractivity contribution < 1.29 is 18.7 Å². The lowest BCUT2D eigenvalue weighted by atomic mass is 10.1. The molecule has 0 saturated carbocycles. The molecule has 1 aromatic carbocycles. The largest absolute Gasteiger partial charge is 0.497 e. The minimum Gasteiger partial charge on any atom is -0.497 e. The number of carbonyl (C=O) groups is 1. The van der Waals surface area contributed by atoms with Gasteiger partial charge in [-0.2, -0.15) is 0 Å². The van der Waals surface area contributed by atoms with Crippen molar-refractivity contribution in [2.45, 2.75) is 65.3 Å². The maximum Gasteiger partial charge on any atom is 0.191 e. The smallest absolute Gasteiger partial charge is 0.191 e. The molecule has 152 valence electrons. The SMILES string of the molecule is COc1ccc(COCC/C(=C\C(C)=O)CCO[Si](C)(C)C(C)(C)C)cc1. The van der Waals surface area contributed by atoms with Crippen molar-refractivity contribution in [2.75, 3.05) is 20.3 Å². The lowest BCUT2D eigenvalue weighted by Crippen LogP contribution is -2.41.